The summed E-state index contributed by atoms with van der Waals surface area (Å²) in [6, 6.07) is 7.77. The zero-order chi connectivity index (χ0) is 21.2. The number of benzene rings is 1. The second-order valence-corrected chi connectivity index (χ2v) is 8.12. The summed E-state index contributed by atoms with van der Waals surface area (Å²) < 4.78 is 14.6. The van der Waals surface area contributed by atoms with Crippen LogP contribution in [0.2, 0.25) is 0 Å². The normalized spacial score (nSPS) is 13.6. The summed E-state index contributed by atoms with van der Waals surface area (Å²) in [5.41, 5.74) is 1.58. The maximum absolute atomic E-state index is 12.7. The Bertz CT molecular complexity index is 1300. The molecule has 5 rings (SSSR count). The van der Waals surface area contributed by atoms with Crippen LogP contribution in [0.15, 0.2) is 46.6 Å². The van der Waals surface area contributed by atoms with E-state index in [1.807, 2.05) is 24.3 Å². The average Bonchev–Trinajstić information content (AvgIpc) is 3.07. The van der Waals surface area contributed by atoms with Gasteiger partial charge in [-0.05, 0) is 30.2 Å². The molecule has 0 saturated carbocycles. The van der Waals surface area contributed by atoms with Crippen LogP contribution in [0.5, 0.6) is 11.5 Å². The van der Waals surface area contributed by atoms with Gasteiger partial charge in [0.2, 0.25) is 5.16 Å². The van der Waals surface area contributed by atoms with Gasteiger partial charge in [0, 0.05) is 37.7 Å². The molecule has 160 valence electrons. The lowest BCUT2D eigenvalue weighted by molar-refractivity contribution is 0.279. The molecule has 4 aromatic rings. The highest BCUT2D eigenvalue weighted by molar-refractivity contribution is 7.98. The van der Waals surface area contributed by atoms with E-state index in [0.717, 1.165) is 23.5 Å². The molecule has 0 bridgehead atoms. The van der Waals surface area contributed by atoms with Gasteiger partial charge in [-0.3, -0.25) is 4.79 Å². The monoisotopic (exact) mass is 439 g/mol. The fourth-order valence-corrected chi connectivity index (χ4v) is 4.23. The average molecular weight is 439 g/mol. The third-order valence-corrected chi connectivity index (χ3v) is 5.93. The lowest BCUT2D eigenvalue weighted by Crippen LogP contribution is -2.21. The molecule has 1 aromatic carbocycles. The highest BCUT2D eigenvalue weighted by Crippen LogP contribution is 2.32. The van der Waals surface area contributed by atoms with Crippen LogP contribution in [0.1, 0.15) is 18.4 Å². The fourth-order valence-electron chi connectivity index (χ4n) is 3.46. The Kier molecular flexibility index (Phi) is 5.47. The van der Waals surface area contributed by atoms with Gasteiger partial charge in [-0.1, -0.05) is 17.8 Å². The van der Waals surface area contributed by atoms with Crippen molar-refractivity contribution in [2.75, 3.05) is 19.8 Å². The second-order valence-electron chi connectivity index (χ2n) is 7.17. The van der Waals surface area contributed by atoms with E-state index in [1.165, 1.54) is 18.0 Å². The number of thioether (sulfide) groups is 1. The zero-order valence-corrected chi connectivity index (χ0v) is 17.5. The lowest BCUT2D eigenvalue weighted by Gasteiger charge is -2.08. The van der Waals surface area contributed by atoms with Crippen molar-refractivity contribution in [3.05, 3.63) is 52.6 Å². The maximum Gasteiger partial charge on any atom is 0.261 e. The minimum Gasteiger partial charge on any atom is -0.490 e. The highest BCUT2D eigenvalue weighted by atomic mass is 32.2. The predicted molar refractivity (Wildman–Crippen MR) is 116 cm³/mol. The van der Waals surface area contributed by atoms with Gasteiger partial charge in [0.1, 0.15) is 0 Å². The molecule has 3 aromatic heterocycles. The number of aliphatic hydroxyl groups excluding tert-OH is 1. The molecule has 4 heterocycles. The molecule has 0 atom stereocenters. The number of nitrogens with zero attached hydrogens (tertiary/aromatic N) is 5. The molecule has 31 heavy (non-hydrogen) atoms. The molecule has 1 aliphatic heterocycles. The number of pyridine rings is 1. The summed E-state index contributed by atoms with van der Waals surface area (Å²) in [5.74, 6) is 2.65. The number of aromatic nitrogens is 5. The van der Waals surface area contributed by atoms with E-state index < -0.39 is 0 Å². The SMILES string of the molecule is O=c1c2cnc3nc(SCc4ccc5c(c4)OCCCO5)nn3c2ccn1CCCO. The number of hydrogen-bond donors (Lipinski definition) is 1. The summed E-state index contributed by atoms with van der Waals surface area (Å²) in [6.07, 6.45) is 4.64. The molecule has 0 saturated heterocycles. The van der Waals surface area contributed by atoms with E-state index in [-0.39, 0.29) is 12.2 Å². The molecular weight excluding hydrogens is 418 g/mol. The lowest BCUT2D eigenvalue weighted by atomic mass is 10.2. The fraction of sp³-hybridized carbons (Fsp3) is 0.333. The molecular formula is C21H21N5O4S. The summed E-state index contributed by atoms with van der Waals surface area (Å²) in [6.45, 7) is 1.81. The van der Waals surface area contributed by atoms with Gasteiger partial charge in [-0.15, -0.1) is 5.10 Å². The van der Waals surface area contributed by atoms with Crippen molar-refractivity contribution in [1.29, 1.82) is 0 Å². The van der Waals surface area contributed by atoms with Gasteiger partial charge in [-0.25, -0.2) is 4.98 Å². The van der Waals surface area contributed by atoms with Crippen LogP contribution in [-0.4, -0.2) is 49.1 Å². The predicted octanol–water partition coefficient (Wildman–Crippen LogP) is 2.28. The van der Waals surface area contributed by atoms with Crippen LogP contribution < -0.4 is 15.0 Å². The molecule has 0 spiro atoms. The summed E-state index contributed by atoms with van der Waals surface area (Å²) in [7, 11) is 0. The standard InChI is InChI=1S/C21H21N5O4S/c27-8-1-6-25-7-5-16-15(19(25)28)12-22-20-23-21(24-26(16)20)31-13-14-3-4-17-18(11-14)30-10-2-9-29-17/h3-5,7,11-12,27H,1-2,6,8-10,13H2. The first-order chi connectivity index (χ1) is 15.2. The summed E-state index contributed by atoms with van der Waals surface area (Å²) in [5, 5.41) is 14.6. The van der Waals surface area contributed by atoms with Crippen molar-refractivity contribution in [2.45, 2.75) is 30.3 Å². The van der Waals surface area contributed by atoms with E-state index in [2.05, 4.69) is 15.1 Å². The number of aliphatic hydroxyl groups is 1. The van der Waals surface area contributed by atoms with Gasteiger partial charge in [0.25, 0.3) is 11.3 Å². The number of rotatable bonds is 6. The van der Waals surface area contributed by atoms with Crippen LogP contribution in [0.3, 0.4) is 0 Å². The van der Waals surface area contributed by atoms with Crippen molar-refractivity contribution in [3.8, 4) is 11.5 Å². The molecule has 0 amide bonds. The van der Waals surface area contributed by atoms with Crippen molar-refractivity contribution >= 4 is 28.4 Å². The highest BCUT2D eigenvalue weighted by Gasteiger charge is 2.14. The molecule has 9 nitrogen and oxygen atoms in total. The Morgan fingerprint density at radius 2 is 2.03 bits per heavy atom. The molecule has 0 aliphatic carbocycles. The van der Waals surface area contributed by atoms with E-state index in [4.69, 9.17) is 14.6 Å². The smallest absolute Gasteiger partial charge is 0.261 e. The maximum atomic E-state index is 12.7. The molecule has 10 heteroatoms. The minimum absolute atomic E-state index is 0.0365. The Labute approximate surface area is 181 Å². The van der Waals surface area contributed by atoms with Gasteiger partial charge < -0.3 is 19.1 Å². The number of fused-ring (bicyclic) bond motifs is 4. The third kappa shape index (κ3) is 3.96. The van der Waals surface area contributed by atoms with Gasteiger partial charge >= 0.3 is 0 Å². The van der Waals surface area contributed by atoms with Crippen molar-refractivity contribution in [1.82, 2.24) is 24.1 Å². The van der Waals surface area contributed by atoms with Gasteiger partial charge in [0.15, 0.2) is 11.5 Å². The molecule has 0 unspecified atom stereocenters. The third-order valence-electron chi connectivity index (χ3n) is 5.02. The minimum atomic E-state index is -0.155. The van der Waals surface area contributed by atoms with Crippen LogP contribution in [0, 0.1) is 0 Å². The van der Waals surface area contributed by atoms with E-state index >= 15 is 0 Å². The van der Waals surface area contributed by atoms with Gasteiger partial charge in [0.05, 0.1) is 24.1 Å². The van der Waals surface area contributed by atoms with Crippen molar-refractivity contribution in [2.24, 2.45) is 0 Å². The van der Waals surface area contributed by atoms with Crippen LogP contribution in [0.4, 0.5) is 0 Å². The van der Waals surface area contributed by atoms with Crippen LogP contribution in [-0.2, 0) is 12.3 Å². The Morgan fingerprint density at radius 3 is 2.90 bits per heavy atom. The zero-order valence-electron chi connectivity index (χ0n) is 16.7. The summed E-state index contributed by atoms with van der Waals surface area (Å²) in [4.78, 5) is 21.5. The van der Waals surface area contributed by atoms with Crippen LogP contribution in [0.25, 0.3) is 16.7 Å². The molecule has 1 N–H and O–H groups in total. The largest absolute Gasteiger partial charge is 0.490 e. The first-order valence-corrected chi connectivity index (χ1v) is 11.1. The Balaban J connectivity index is 1.40. The molecule has 0 radical (unpaired) electrons. The van der Waals surface area contributed by atoms with E-state index in [9.17, 15) is 4.79 Å². The molecule has 0 fully saturated rings. The number of aryl methyl sites for hydroxylation is 1. The van der Waals surface area contributed by atoms with Crippen molar-refractivity contribution < 1.29 is 14.6 Å². The number of hydrogen-bond acceptors (Lipinski definition) is 8. The van der Waals surface area contributed by atoms with Crippen LogP contribution >= 0.6 is 11.8 Å². The number of ether oxygens (including phenoxy) is 2. The first kappa shape index (κ1) is 19.8. The molecule has 1 aliphatic rings. The van der Waals surface area contributed by atoms with Crippen molar-refractivity contribution in [3.63, 3.8) is 0 Å². The Hall–Kier alpha value is -3.11. The summed E-state index contributed by atoms with van der Waals surface area (Å²) >= 11 is 1.49. The van der Waals surface area contributed by atoms with E-state index in [1.54, 1.807) is 15.3 Å². The van der Waals surface area contributed by atoms with Gasteiger partial charge in [-0.2, -0.15) is 9.50 Å². The second kappa shape index (κ2) is 8.56. The topological polar surface area (TPSA) is 104 Å². The Morgan fingerprint density at radius 1 is 1.16 bits per heavy atom. The quantitative estimate of drug-likeness (QED) is 0.457. The van der Waals surface area contributed by atoms with E-state index in [0.29, 0.717) is 53.8 Å². The first-order valence-electron chi connectivity index (χ1n) is 10.1.